The molecule has 2 aromatic carbocycles. The zero-order valence-corrected chi connectivity index (χ0v) is 13.0. The van der Waals surface area contributed by atoms with E-state index in [1.807, 2.05) is 30.3 Å². The first kappa shape index (κ1) is 16.9. The lowest BCUT2D eigenvalue weighted by molar-refractivity contribution is -0.140. The Kier molecular flexibility index (Phi) is 6.03. The lowest BCUT2D eigenvalue weighted by Gasteiger charge is -2.06. The molecule has 0 bridgehead atoms. The van der Waals surface area contributed by atoms with Crippen LogP contribution < -0.4 is 0 Å². The van der Waals surface area contributed by atoms with Crippen molar-refractivity contribution in [2.75, 3.05) is 7.11 Å². The second-order valence-electron chi connectivity index (χ2n) is 5.27. The van der Waals surface area contributed by atoms with E-state index in [1.54, 1.807) is 12.1 Å². The van der Waals surface area contributed by atoms with Crippen LogP contribution in [0, 0.1) is 5.82 Å². The molecule has 0 unspecified atom stereocenters. The van der Waals surface area contributed by atoms with E-state index in [1.165, 1.54) is 13.2 Å². The molecule has 2 rings (SSSR count). The van der Waals surface area contributed by atoms with E-state index in [2.05, 4.69) is 4.74 Å². The fraction of sp³-hybridized carbons (Fsp3) is 0.263. The van der Waals surface area contributed by atoms with Crippen LogP contribution in [0.4, 0.5) is 4.39 Å². The minimum absolute atomic E-state index is 0.117. The number of benzene rings is 2. The predicted molar refractivity (Wildman–Crippen MR) is 86.7 cm³/mol. The van der Waals surface area contributed by atoms with Crippen LogP contribution in [0.3, 0.4) is 0 Å². The highest BCUT2D eigenvalue weighted by Crippen LogP contribution is 2.24. The van der Waals surface area contributed by atoms with Gasteiger partial charge in [-0.3, -0.25) is 9.59 Å². The maximum atomic E-state index is 14.2. The molecule has 120 valence electrons. The lowest BCUT2D eigenvalue weighted by Crippen LogP contribution is -2.03. The van der Waals surface area contributed by atoms with Gasteiger partial charge >= 0.3 is 5.97 Å². The molecule has 23 heavy (non-hydrogen) atoms. The van der Waals surface area contributed by atoms with Gasteiger partial charge in [-0.2, -0.15) is 0 Å². The molecule has 3 nitrogen and oxygen atoms in total. The second-order valence-corrected chi connectivity index (χ2v) is 5.27. The molecule has 0 saturated carbocycles. The number of hydrogen-bond acceptors (Lipinski definition) is 3. The van der Waals surface area contributed by atoms with Gasteiger partial charge in [-0.1, -0.05) is 42.5 Å². The monoisotopic (exact) mass is 314 g/mol. The summed E-state index contributed by atoms with van der Waals surface area (Å²) in [5.41, 5.74) is 1.62. The normalized spacial score (nSPS) is 10.3. The average molecular weight is 314 g/mol. The molecule has 0 aliphatic heterocycles. The summed E-state index contributed by atoms with van der Waals surface area (Å²) in [6.45, 7) is 0. The summed E-state index contributed by atoms with van der Waals surface area (Å²) in [6.07, 6.45) is 1.76. The zero-order valence-electron chi connectivity index (χ0n) is 13.0. The number of hydrogen-bond donors (Lipinski definition) is 0. The molecule has 0 heterocycles. The van der Waals surface area contributed by atoms with E-state index >= 15 is 0 Å². The van der Waals surface area contributed by atoms with Crippen molar-refractivity contribution in [2.45, 2.75) is 25.7 Å². The molecule has 0 aliphatic rings. The van der Waals surface area contributed by atoms with Gasteiger partial charge in [0.1, 0.15) is 5.82 Å². The van der Waals surface area contributed by atoms with Crippen LogP contribution in [0.5, 0.6) is 0 Å². The van der Waals surface area contributed by atoms with Gasteiger partial charge in [0.15, 0.2) is 5.78 Å². The standard InChI is InChI=1S/C19H19FO3/c1-23-19(22)10-6-5-9-18(21)15-11-12-16(17(20)13-15)14-7-3-2-4-8-14/h2-4,7-8,11-13H,5-6,9-10H2,1H3. The van der Waals surface area contributed by atoms with Crippen LogP contribution in [0.25, 0.3) is 11.1 Å². The Morgan fingerprint density at radius 1 is 1.00 bits per heavy atom. The number of methoxy groups -OCH3 is 1. The molecule has 0 aromatic heterocycles. The Hall–Kier alpha value is -2.49. The average Bonchev–Trinajstić information content (AvgIpc) is 2.58. The number of ether oxygens (including phenoxy) is 1. The molecule has 2 aromatic rings. The molecule has 0 atom stereocenters. The summed E-state index contributed by atoms with van der Waals surface area (Å²) in [4.78, 5) is 23.1. The Bertz CT molecular complexity index is 680. The van der Waals surface area contributed by atoms with Crippen molar-refractivity contribution < 1.29 is 18.7 Å². The summed E-state index contributed by atoms with van der Waals surface area (Å²) in [6, 6.07) is 13.8. The number of Topliss-reactive ketones (excluding diaryl/α,β-unsaturated/α-hetero) is 1. The maximum absolute atomic E-state index is 14.2. The van der Waals surface area contributed by atoms with Crippen LogP contribution in [0.1, 0.15) is 36.0 Å². The molecule has 0 N–H and O–H groups in total. The Morgan fingerprint density at radius 3 is 2.35 bits per heavy atom. The molecule has 0 fully saturated rings. The Labute approximate surface area is 135 Å². The molecule has 0 radical (unpaired) electrons. The summed E-state index contributed by atoms with van der Waals surface area (Å²) >= 11 is 0. The Morgan fingerprint density at radius 2 is 1.70 bits per heavy atom. The van der Waals surface area contributed by atoms with Gasteiger partial charge in [-0.05, 0) is 24.5 Å². The summed E-state index contributed by atoms with van der Waals surface area (Å²) in [7, 11) is 1.34. The van der Waals surface area contributed by atoms with Crippen molar-refractivity contribution in [1.29, 1.82) is 0 Å². The number of esters is 1. The van der Waals surface area contributed by atoms with E-state index in [0.717, 1.165) is 5.56 Å². The molecule has 0 aliphatic carbocycles. The van der Waals surface area contributed by atoms with E-state index in [4.69, 9.17) is 0 Å². The number of carbonyl (C=O) groups excluding carboxylic acids is 2. The maximum Gasteiger partial charge on any atom is 0.305 e. The fourth-order valence-electron chi connectivity index (χ4n) is 2.34. The number of carbonyl (C=O) groups is 2. The first-order valence-corrected chi connectivity index (χ1v) is 7.57. The smallest absolute Gasteiger partial charge is 0.305 e. The van der Waals surface area contributed by atoms with Crippen LogP contribution >= 0.6 is 0 Å². The van der Waals surface area contributed by atoms with Crippen molar-refractivity contribution >= 4 is 11.8 Å². The third kappa shape index (κ3) is 4.74. The van der Waals surface area contributed by atoms with Crippen LogP contribution in [-0.4, -0.2) is 18.9 Å². The lowest BCUT2D eigenvalue weighted by atomic mass is 9.99. The third-order valence-electron chi connectivity index (χ3n) is 3.64. The first-order valence-electron chi connectivity index (χ1n) is 7.57. The van der Waals surface area contributed by atoms with Crippen molar-refractivity contribution in [3.05, 3.63) is 59.9 Å². The molecule has 0 spiro atoms. The second kappa shape index (κ2) is 8.22. The highest BCUT2D eigenvalue weighted by atomic mass is 19.1. The van der Waals surface area contributed by atoms with Gasteiger partial charge in [-0.15, -0.1) is 0 Å². The number of rotatable bonds is 7. The molecule has 0 saturated heterocycles. The van der Waals surface area contributed by atoms with Crippen molar-refractivity contribution in [1.82, 2.24) is 0 Å². The van der Waals surface area contributed by atoms with Gasteiger partial charge in [0.2, 0.25) is 0 Å². The van der Waals surface area contributed by atoms with Gasteiger partial charge < -0.3 is 4.74 Å². The van der Waals surface area contributed by atoms with Crippen molar-refractivity contribution in [3.63, 3.8) is 0 Å². The number of ketones is 1. The van der Waals surface area contributed by atoms with Crippen LogP contribution in [0.15, 0.2) is 48.5 Å². The van der Waals surface area contributed by atoms with Gasteiger partial charge in [0.05, 0.1) is 7.11 Å². The molecule has 0 amide bonds. The summed E-state index contributed by atoms with van der Waals surface area (Å²) in [5, 5.41) is 0. The molecular weight excluding hydrogens is 295 g/mol. The topological polar surface area (TPSA) is 43.4 Å². The number of unbranched alkanes of at least 4 members (excludes halogenated alkanes) is 1. The summed E-state index contributed by atoms with van der Waals surface area (Å²) in [5.74, 6) is -0.805. The zero-order chi connectivity index (χ0) is 16.7. The molecular formula is C19H19FO3. The van der Waals surface area contributed by atoms with E-state index in [0.29, 0.717) is 36.8 Å². The summed E-state index contributed by atoms with van der Waals surface area (Å²) < 4.78 is 18.8. The van der Waals surface area contributed by atoms with Crippen LogP contribution in [-0.2, 0) is 9.53 Å². The predicted octanol–water partition coefficient (Wildman–Crippen LogP) is 4.41. The highest BCUT2D eigenvalue weighted by Gasteiger charge is 2.11. The van der Waals surface area contributed by atoms with E-state index in [-0.39, 0.29) is 11.8 Å². The van der Waals surface area contributed by atoms with Crippen molar-refractivity contribution in [2.24, 2.45) is 0 Å². The first-order chi connectivity index (χ1) is 11.1. The SMILES string of the molecule is COC(=O)CCCCC(=O)c1ccc(-c2ccccc2)c(F)c1. The number of halogens is 1. The quantitative estimate of drug-likeness (QED) is 0.432. The van der Waals surface area contributed by atoms with E-state index < -0.39 is 5.82 Å². The largest absolute Gasteiger partial charge is 0.469 e. The Balaban J connectivity index is 1.97. The van der Waals surface area contributed by atoms with E-state index in [9.17, 15) is 14.0 Å². The minimum atomic E-state index is -0.406. The van der Waals surface area contributed by atoms with Crippen molar-refractivity contribution in [3.8, 4) is 11.1 Å². The van der Waals surface area contributed by atoms with Crippen LogP contribution in [0.2, 0.25) is 0 Å². The third-order valence-corrected chi connectivity index (χ3v) is 3.64. The highest BCUT2D eigenvalue weighted by molar-refractivity contribution is 5.96. The van der Waals surface area contributed by atoms with Gasteiger partial charge in [0.25, 0.3) is 0 Å². The fourth-order valence-corrected chi connectivity index (χ4v) is 2.34. The van der Waals surface area contributed by atoms with Gasteiger partial charge in [-0.25, -0.2) is 4.39 Å². The minimum Gasteiger partial charge on any atom is -0.469 e. The van der Waals surface area contributed by atoms with Gasteiger partial charge in [0, 0.05) is 24.0 Å². The molecule has 4 heteroatoms.